The van der Waals surface area contributed by atoms with Gasteiger partial charge in [0.15, 0.2) is 5.76 Å². The summed E-state index contributed by atoms with van der Waals surface area (Å²) in [5, 5.41) is 3.69. The number of hydrogen-bond donors (Lipinski definition) is 0. The third-order valence-electron chi connectivity index (χ3n) is 3.39. The Kier molecular flexibility index (Phi) is 4.87. The Balaban J connectivity index is 2.03. The maximum absolute atomic E-state index is 12.5. The summed E-state index contributed by atoms with van der Waals surface area (Å²) >= 11 is 0. The van der Waals surface area contributed by atoms with Crippen molar-refractivity contribution in [1.82, 2.24) is 9.46 Å². The van der Waals surface area contributed by atoms with E-state index in [0.717, 1.165) is 11.3 Å². The number of hydrogen-bond acceptors (Lipinski definition) is 5. The van der Waals surface area contributed by atoms with Gasteiger partial charge in [-0.05, 0) is 32.4 Å². The molecule has 1 aromatic carbocycles. The maximum atomic E-state index is 12.5. The zero-order valence-electron chi connectivity index (χ0n) is 13.2. The second-order valence-corrected chi connectivity index (χ2v) is 7.08. The van der Waals surface area contributed by atoms with E-state index in [2.05, 4.69) is 5.16 Å². The van der Waals surface area contributed by atoms with Crippen molar-refractivity contribution in [2.45, 2.75) is 25.7 Å². The lowest BCUT2D eigenvalue weighted by molar-refractivity contribution is 0.285. The molecule has 0 unspecified atom stereocenters. The van der Waals surface area contributed by atoms with E-state index in [1.54, 1.807) is 13.8 Å². The van der Waals surface area contributed by atoms with E-state index < -0.39 is 10.0 Å². The highest BCUT2D eigenvalue weighted by atomic mass is 32.2. The zero-order valence-corrected chi connectivity index (χ0v) is 14.0. The zero-order chi connectivity index (χ0) is 16.3. The molecule has 0 spiro atoms. The molecule has 2 aromatic rings. The highest BCUT2D eigenvalue weighted by Gasteiger charge is 2.28. The SMILES string of the molecule is Cc1ccccc1OCCN(C)S(=O)(=O)c1c(C)noc1C. The van der Waals surface area contributed by atoms with Crippen molar-refractivity contribution in [3.8, 4) is 5.75 Å². The van der Waals surface area contributed by atoms with Gasteiger partial charge >= 0.3 is 0 Å². The van der Waals surface area contributed by atoms with Gasteiger partial charge in [-0.25, -0.2) is 8.42 Å². The van der Waals surface area contributed by atoms with E-state index in [9.17, 15) is 8.42 Å². The van der Waals surface area contributed by atoms with Crippen LogP contribution in [-0.2, 0) is 10.0 Å². The molecule has 6 nitrogen and oxygen atoms in total. The maximum Gasteiger partial charge on any atom is 0.248 e. The Bertz CT molecular complexity index is 733. The predicted octanol–water partition coefficient (Wildman–Crippen LogP) is 2.30. The fourth-order valence-corrected chi connectivity index (χ4v) is 3.56. The standard InChI is InChI=1S/C15H20N2O4S/c1-11-7-5-6-8-14(11)20-10-9-17(4)22(18,19)15-12(2)16-21-13(15)3/h5-8H,9-10H2,1-4H3. The molecule has 7 heteroatoms. The molecule has 0 aliphatic carbocycles. The summed E-state index contributed by atoms with van der Waals surface area (Å²) in [5.74, 6) is 1.05. The molecular formula is C15H20N2O4S. The van der Waals surface area contributed by atoms with Crippen LogP contribution >= 0.6 is 0 Å². The van der Waals surface area contributed by atoms with E-state index in [4.69, 9.17) is 9.26 Å². The Morgan fingerprint density at radius 1 is 1.23 bits per heavy atom. The van der Waals surface area contributed by atoms with Gasteiger partial charge in [-0.3, -0.25) is 0 Å². The number of aromatic nitrogens is 1. The van der Waals surface area contributed by atoms with Crippen LogP contribution in [0.15, 0.2) is 33.7 Å². The van der Waals surface area contributed by atoms with Crippen LogP contribution in [-0.4, -0.2) is 38.1 Å². The number of nitrogens with zero attached hydrogens (tertiary/aromatic N) is 2. The molecular weight excluding hydrogens is 304 g/mol. The molecule has 1 heterocycles. The lowest BCUT2D eigenvalue weighted by Crippen LogP contribution is -2.31. The fourth-order valence-electron chi connectivity index (χ4n) is 2.12. The molecule has 0 N–H and O–H groups in total. The van der Waals surface area contributed by atoms with Crippen LogP contribution in [0.1, 0.15) is 17.0 Å². The number of likely N-dealkylation sites (N-methyl/N-ethyl adjacent to an activating group) is 1. The molecule has 120 valence electrons. The molecule has 2 rings (SSSR count). The third kappa shape index (κ3) is 3.31. The molecule has 0 atom stereocenters. The molecule has 0 aliphatic heterocycles. The Morgan fingerprint density at radius 2 is 1.91 bits per heavy atom. The average Bonchev–Trinajstić information content (AvgIpc) is 2.80. The van der Waals surface area contributed by atoms with Crippen molar-refractivity contribution < 1.29 is 17.7 Å². The van der Waals surface area contributed by atoms with Gasteiger partial charge in [0.05, 0.1) is 0 Å². The van der Waals surface area contributed by atoms with Crippen LogP contribution in [0.4, 0.5) is 0 Å². The number of aryl methyl sites for hydroxylation is 3. The minimum atomic E-state index is -3.62. The summed E-state index contributed by atoms with van der Waals surface area (Å²) in [6.45, 7) is 5.65. The van der Waals surface area contributed by atoms with Crippen LogP contribution < -0.4 is 4.74 Å². The van der Waals surface area contributed by atoms with E-state index in [-0.39, 0.29) is 18.0 Å². The first-order valence-electron chi connectivity index (χ1n) is 6.91. The summed E-state index contributed by atoms with van der Waals surface area (Å²) in [4.78, 5) is 0.130. The van der Waals surface area contributed by atoms with E-state index >= 15 is 0 Å². The van der Waals surface area contributed by atoms with Gasteiger partial charge in [0.1, 0.15) is 22.9 Å². The molecule has 0 bridgehead atoms. The molecule has 0 radical (unpaired) electrons. The second-order valence-electron chi connectivity index (χ2n) is 5.09. The van der Waals surface area contributed by atoms with Gasteiger partial charge in [-0.1, -0.05) is 23.4 Å². The number of para-hydroxylation sites is 1. The lowest BCUT2D eigenvalue weighted by atomic mass is 10.2. The van der Waals surface area contributed by atoms with Crippen molar-refractivity contribution in [2.75, 3.05) is 20.2 Å². The number of rotatable bonds is 6. The van der Waals surface area contributed by atoms with Gasteiger partial charge in [0.25, 0.3) is 0 Å². The summed E-state index contributed by atoms with van der Waals surface area (Å²) < 4.78 is 36.8. The number of sulfonamides is 1. The number of ether oxygens (including phenoxy) is 1. The van der Waals surface area contributed by atoms with Crippen LogP contribution in [0.3, 0.4) is 0 Å². The molecule has 0 amide bonds. The highest BCUT2D eigenvalue weighted by Crippen LogP contribution is 2.22. The molecule has 0 saturated carbocycles. The largest absolute Gasteiger partial charge is 0.492 e. The topological polar surface area (TPSA) is 72.6 Å². The quantitative estimate of drug-likeness (QED) is 0.815. The summed E-state index contributed by atoms with van der Waals surface area (Å²) in [6.07, 6.45) is 0. The van der Waals surface area contributed by atoms with Gasteiger partial charge < -0.3 is 9.26 Å². The highest BCUT2D eigenvalue weighted by molar-refractivity contribution is 7.89. The van der Waals surface area contributed by atoms with Crippen molar-refractivity contribution in [1.29, 1.82) is 0 Å². The Morgan fingerprint density at radius 3 is 2.50 bits per heavy atom. The smallest absolute Gasteiger partial charge is 0.248 e. The van der Waals surface area contributed by atoms with E-state index in [0.29, 0.717) is 11.5 Å². The summed E-state index contributed by atoms with van der Waals surface area (Å²) in [6, 6.07) is 7.61. The molecule has 0 saturated heterocycles. The van der Waals surface area contributed by atoms with Crippen molar-refractivity contribution in [3.05, 3.63) is 41.3 Å². The molecule has 1 aromatic heterocycles. The first-order valence-corrected chi connectivity index (χ1v) is 8.35. The van der Waals surface area contributed by atoms with Crippen LogP contribution in [0, 0.1) is 20.8 Å². The fraction of sp³-hybridized carbons (Fsp3) is 0.400. The van der Waals surface area contributed by atoms with Gasteiger partial charge in [0.2, 0.25) is 10.0 Å². The molecule has 0 aliphatic rings. The van der Waals surface area contributed by atoms with Crippen molar-refractivity contribution in [3.63, 3.8) is 0 Å². The van der Waals surface area contributed by atoms with Crippen LogP contribution in [0.2, 0.25) is 0 Å². The van der Waals surface area contributed by atoms with Gasteiger partial charge in [-0.2, -0.15) is 4.31 Å². The lowest BCUT2D eigenvalue weighted by Gasteiger charge is -2.17. The third-order valence-corrected chi connectivity index (χ3v) is 5.50. The van der Waals surface area contributed by atoms with Gasteiger partial charge in [0, 0.05) is 13.6 Å². The molecule has 22 heavy (non-hydrogen) atoms. The summed E-state index contributed by atoms with van der Waals surface area (Å²) in [5.41, 5.74) is 1.38. The first-order chi connectivity index (χ1) is 10.3. The van der Waals surface area contributed by atoms with Crippen LogP contribution in [0.25, 0.3) is 0 Å². The van der Waals surface area contributed by atoms with E-state index in [1.165, 1.54) is 11.4 Å². The number of benzene rings is 1. The normalized spacial score (nSPS) is 11.9. The Labute approximate surface area is 130 Å². The average molecular weight is 324 g/mol. The second kappa shape index (κ2) is 6.50. The minimum absolute atomic E-state index is 0.130. The first kappa shape index (κ1) is 16.5. The monoisotopic (exact) mass is 324 g/mol. The van der Waals surface area contributed by atoms with Gasteiger partial charge in [-0.15, -0.1) is 0 Å². The van der Waals surface area contributed by atoms with Crippen molar-refractivity contribution >= 4 is 10.0 Å². The minimum Gasteiger partial charge on any atom is -0.492 e. The Hall–Kier alpha value is -1.86. The van der Waals surface area contributed by atoms with E-state index in [1.807, 2.05) is 31.2 Å². The van der Waals surface area contributed by atoms with Crippen LogP contribution in [0.5, 0.6) is 5.75 Å². The van der Waals surface area contributed by atoms with Crippen molar-refractivity contribution in [2.24, 2.45) is 0 Å². The molecule has 0 fully saturated rings. The summed E-state index contributed by atoms with van der Waals surface area (Å²) in [7, 11) is -2.11. The predicted molar refractivity (Wildman–Crippen MR) is 82.5 cm³/mol.